The number of aliphatic carboxylic acids is 1. The number of hydrogen-bond acceptors (Lipinski definition) is 3. The van der Waals surface area contributed by atoms with Gasteiger partial charge in [0, 0.05) is 12.8 Å². The Morgan fingerprint density at radius 2 is 1.10 bits per heavy atom. The predicted molar refractivity (Wildman–Crippen MR) is 121 cm³/mol. The number of carbonyl (C=O) groups excluding carboxylic acids is 1. The molecule has 172 valence electrons. The molecule has 0 heterocycles. The van der Waals surface area contributed by atoms with Crippen LogP contribution in [-0.4, -0.2) is 23.1 Å². The standard InChI is InChI=1S/C25H48O4/c1-3-5-6-7-8-9-10-11-12-13-14-15-16-17-22-25(28)29-23(19-4-2)20-18-21-24(26)27/h23H,3-22H2,1-2H3,(H,26,27). The second-order valence-corrected chi connectivity index (χ2v) is 8.53. The lowest BCUT2D eigenvalue weighted by Crippen LogP contribution is -2.18. The molecule has 0 aliphatic carbocycles. The Balaban J connectivity index is 3.47. The van der Waals surface area contributed by atoms with Gasteiger partial charge in [0.2, 0.25) is 0 Å². The number of carboxylic acids is 1. The summed E-state index contributed by atoms with van der Waals surface area (Å²) in [6.07, 6.45) is 21.8. The highest BCUT2D eigenvalue weighted by Gasteiger charge is 2.14. The van der Waals surface area contributed by atoms with Crippen LogP contribution < -0.4 is 0 Å². The molecule has 0 rings (SSSR count). The number of esters is 1. The maximum atomic E-state index is 12.0. The summed E-state index contributed by atoms with van der Waals surface area (Å²) in [4.78, 5) is 22.6. The van der Waals surface area contributed by atoms with E-state index in [-0.39, 0.29) is 18.5 Å². The zero-order chi connectivity index (χ0) is 21.6. The zero-order valence-corrected chi connectivity index (χ0v) is 19.4. The van der Waals surface area contributed by atoms with Crippen LogP contribution in [-0.2, 0) is 14.3 Å². The second kappa shape index (κ2) is 21.6. The van der Waals surface area contributed by atoms with E-state index in [0.717, 1.165) is 25.7 Å². The monoisotopic (exact) mass is 412 g/mol. The third-order valence-electron chi connectivity index (χ3n) is 5.56. The largest absolute Gasteiger partial charge is 0.481 e. The Bertz CT molecular complexity index is 381. The van der Waals surface area contributed by atoms with Gasteiger partial charge in [-0.05, 0) is 25.7 Å². The van der Waals surface area contributed by atoms with E-state index in [1.165, 1.54) is 77.0 Å². The van der Waals surface area contributed by atoms with Crippen molar-refractivity contribution in [2.24, 2.45) is 0 Å². The molecular weight excluding hydrogens is 364 g/mol. The van der Waals surface area contributed by atoms with Gasteiger partial charge in [0.1, 0.15) is 6.10 Å². The zero-order valence-electron chi connectivity index (χ0n) is 19.4. The molecule has 4 heteroatoms. The fraction of sp³-hybridized carbons (Fsp3) is 0.920. The van der Waals surface area contributed by atoms with Gasteiger partial charge in [-0.25, -0.2) is 0 Å². The van der Waals surface area contributed by atoms with E-state index in [1.54, 1.807) is 0 Å². The first-order valence-electron chi connectivity index (χ1n) is 12.5. The molecule has 29 heavy (non-hydrogen) atoms. The number of ether oxygens (including phenoxy) is 1. The van der Waals surface area contributed by atoms with Crippen LogP contribution in [0.5, 0.6) is 0 Å². The van der Waals surface area contributed by atoms with Gasteiger partial charge in [-0.2, -0.15) is 0 Å². The summed E-state index contributed by atoms with van der Waals surface area (Å²) in [5, 5.41) is 8.73. The molecule has 0 spiro atoms. The Morgan fingerprint density at radius 3 is 1.55 bits per heavy atom. The van der Waals surface area contributed by atoms with Gasteiger partial charge in [-0.1, -0.05) is 104 Å². The predicted octanol–water partition coefficient (Wildman–Crippen LogP) is 7.82. The molecule has 0 aromatic rings. The number of carboxylic acid groups (broad SMARTS) is 1. The van der Waals surface area contributed by atoms with Crippen LogP contribution in [0.15, 0.2) is 0 Å². The average molecular weight is 413 g/mol. The van der Waals surface area contributed by atoms with Crippen molar-refractivity contribution < 1.29 is 19.4 Å². The minimum atomic E-state index is -0.783. The molecular formula is C25H48O4. The molecule has 4 nitrogen and oxygen atoms in total. The summed E-state index contributed by atoms with van der Waals surface area (Å²) in [5.74, 6) is -0.897. The summed E-state index contributed by atoms with van der Waals surface area (Å²) in [7, 11) is 0. The van der Waals surface area contributed by atoms with E-state index in [0.29, 0.717) is 19.3 Å². The van der Waals surface area contributed by atoms with Crippen molar-refractivity contribution in [3.05, 3.63) is 0 Å². The van der Waals surface area contributed by atoms with E-state index >= 15 is 0 Å². The quantitative estimate of drug-likeness (QED) is 0.145. The van der Waals surface area contributed by atoms with E-state index in [9.17, 15) is 9.59 Å². The molecule has 0 saturated heterocycles. The lowest BCUT2D eigenvalue weighted by atomic mass is 10.0. The fourth-order valence-electron chi connectivity index (χ4n) is 3.77. The number of unbranched alkanes of at least 4 members (excludes halogenated alkanes) is 13. The van der Waals surface area contributed by atoms with Crippen molar-refractivity contribution in [3.63, 3.8) is 0 Å². The first kappa shape index (κ1) is 27.9. The highest BCUT2D eigenvalue weighted by Crippen LogP contribution is 2.15. The molecule has 1 unspecified atom stereocenters. The normalized spacial score (nSPS) is 12.1. The maximum Gasteiger partial charge on any atom is 0.306 e. The molecule has 0 aromatic carbocycles. The van der Waals surface area contributed by atoms with Gasteiger partial charge >= 0.3 is 11.9 Å². The van der Waals surface area contributed by atoms with E-state index < -0.39 is 5.97 Å². The SMILES string of the molecule is CCCCCCCCCCCCCCCCC(=O)OC(CCC)CCCC(=O)O. The first-order chi connectivity index (χ1) is 14.1. The fourth-order valence-corrected chi connectivity index (χ4v) is 3.77. The molecule has 0 fully saturated rings. The van der Waals surface area contributed by atoms with Crippen LogP contribution in [0.3, 0.4) is 0 Å². The van der Waals surface area contributed by atoms with E-state index in [4.69, 9.17) is 9.84 Å². The van der Waals surface area contributed by atoms with Crippen LogP contribution in [0.4, 0.5) is 0 Å². The summed E-state index contributed by atoms with van der Waals surface area (Å²) in [5.41, 5.74) is 0. The summed E-state index contributed by atoms with van der Waals surface area (Å²) in [6, 6.07) is 0. The maximum absolute atomic E-state index is 12.0. The first-order valence-corrected chi connectivity index (χ1v) is 12.5. The van der Waals surface area contributed by atoms with Crippen LogP contribution >= 0.6 is 0 Å². The average Bonchev–Trinajstić information content (AvgIpc) is 2.68. The molecule has 1 atom stereocenters. The second-order valence-electron chi connectivity index (χ2n) is 8.53. The molecule has 0 bridgehead atoms. The van der Waals surface area contributed by atoms with Gasteiger partial charge in [0.05, 0.1) is 0 Å². The van der Waals surface area contributed by atoms with Crippen molar-refractivity contribution >= 4 is 11.9 Å². The van der Waals surface area contributed by atoms with Gasteiger partial charge in [-0.3, -0.25) is 9.59 Å². The molecule has 0 saturated carbocycles. The molecule has 1 N–H and O–H groups in total. The number of carbonyl (C=O) groups is 2. The lowest BCUT2D eigenvalue weighted by Gasteiger charge is -2.17. The van der Waals surface area contributed by atoms with Gasteiger partial charge in [0.25, 0.3) is 0 Å². The van der Waals surface area contributed by atoms with Gasteiger partial charge in [-0.15, -0.1) is 0 Å². The van der Waals surface area contributed by atoms with E-state index in [2.05, 4.69) is 13.8 Å². The van der Waals surface area contributed by atoms with Crippen LogP contribution in [0.25, 0.3) is 0 Å². The lowest BCUT2D eigenvalue weighted by molar-refractivity contribution is -0.150. The molecule has 0 aliphatic rings. The van der Waals surface area contributed by atoms with Crippen LogP contribution in [0, 0.1) is 0 Å². The molecule has 0 radical (unpaired) electrons. The minimum Gasteiger partial charge on any atom is -0.481 e. The van der Waals surface area contributed by atoms with Crippen LogP contribution in [0.1, 0.15) is 142 Å². The Labute approximate surface area is 180 Å². The van der Waals surface area contributed by atoms with Gasteiger partial charge < -0.3 is 9.84 Å². The third-order valence-corrected chi connectivity index (χ3v) is 5.56. The van der Waals surface area contributed by atoms with Crippen molar-refractivity contribution in [1.29, 1.82) is 0 Å². The summed E-state index contributed by atoms with van der Waals surface area (Å²) >= 11 is 0. The van der Waals surface area contributed by atoms with Crippen molar-refractivity contribution in [1.82, 2.24) is 0 Å². The highest BCUT2D eigenvalue weighted by atomic mass is 16.5. The Kier molecular flexibility index (Phi) is 20.9. The molecule has 0 aliphatic heterocycles. The van der Waals surface area contributed by atoms with Gasteiger partial charge in [0.15, 0.2) is 0 Å². The van der Waals surface area contributed by atoms with Crippen molar-refractivity contribution in [2.75, 3.05) is 0 Å². The number of hydrogen-bond donors (Lipinski definition) is 1. The van der Waals surface area contributed by atoms with Crippen LogP contribution in [0.2, 0.25) is 0 Å². The Hall–Kier alpha value is -1.06. The minimum absolute atomic E-state index is 0.113. The van der Waals surface area contributed by atoms with Crippen molar-refractivity contribution in [3.8, 4) is 0 Å². The van der Waals surface area contributed by atoms with E-state index in [1.807, 2.05) is 0 Å². The molecule has 0 aromatic heterocycles. The summed E-state index contributed by atoms with van der Waals surface area (Å²) < 4.78 is 5.55. The van der Waals surface area contributed by atoms with Crippen molar-refractivity contribution in [2.45, 2.75) is 148 Å². The highest BCUT2D eigenvalue weighted by molar-refractivity contribution is 5.69. The smallest absolute Gasteiger partial charge is 0.306 e. The molecule has 0 amide bonds. The number of rotatable bonds is 22. The Morgan fingerprint density at radius 1 is 0.621 bits per heavy atom. The topological polar surface area (TPSA) is 63.6 Å². The summed E-state index contributed by atoms with van der Waals surface area (Å²) in [6.45, 7) is 4.33. The third kappa shape index (κ3) is 21.5.